The van der Waals surface area contributed by atoms with Crippen LogP contribution in [-0.4, -0.2) is 30.6 Å². The van der Waals surface area contributed by atoms with Crippen LogP contribution in [0.3, 0.4) is 0 Å². The minimum Gasteiger partial charge on any atom is -0.404 e. The summed E-state index contributed by atoms with van der Waals surface area (Å²) < 4.78 is 2.36. The number of halogens is 1. The van der Waals surface area contributed by atoms with Crippen molar-refractivity contribution in [2.75, 3.05) is 25.2 Å². The SMILES string of the molecule is C=Cc1c(NC)c2n(c1C(C=NC)=CN)CCSC2C1=CC=C(Cl)C1. The first-order chi connectivity index (χ1) is 12.2. The molecule has 6 heteroatoms. The topological polar surface area (TPSA) is 55.3 Å². The summed E-state index contributed by atoms with van der Waals surface area (Å²) in [6.45, 7) is 4.96. The molecular weight excluding hydrogens is 352 g/mol. The van der Waals surface area contributed by atoms with Crippen molar-refractivity contribution in [2.24, 2.45) is 10.7 Å². The second-order valence-electron chi connectivity index (χ2n) is 5.92. The molecule has 0 fully saturated rings. The summed E-state index contributed by atoms with van der Waals surface area (Å²) in [4.78, 5) is 4.17. The van der Waals surface area contributed by atoms with Gasteiger partial charge in [-0.3, -0.25) is 4.99 Å². The third-order valence-corrected chi connectivity index (χ3v) is 6.09. The molecule has 1 aliphatic heterocycles. The standard InChI is InChI=1S/C19H23ClN4S/c1-4-15-16(23-3)18-19(12-5-6-14(20)9-12)25-8-7-24(18)17(15)13(10-21)11-22-2/h4-6,10-11,19,23H,1,7-9,21H2,2-3H3. The highest BCUT2D eigenvalue weighted by atomic mass is 35.5. The van der Waals surface area contributed by atoms with Crippen molar-refractivity contribution >= 4 is 46.9 Å². The lowest BCUT2D eigenvalue weighted by Crippen LogP contribution is -2.18. The zero-order chi connectivity index (χ0) is 18.0. The van der Waals surface area contributed by atoms with Gasteiger partial charge in [0.25, 0.3) is 0 Å². The fourth-order valence-corrected chi connectivity index (χ4v) is 5.09. The Morgan fingerprint density at radius 2 is 2.32 bits per heavy atom. The van der Waals surface area contributed by atoms with Gasteiger partial charge in [0.1, 0.15) is 0 Å². The quantitative estimate of drug-likeness (QED) is 0.750. The number of aromatic nitrogens is 1. The number of thioether (sulfide) groups is 1. The summed E-state index contributed by atoms with van der Waals surface area (Å²) in [6.07, 6.45) is 10.3. The lowest BCUT2D eigenvalue weighted by Gasteiger charge is -2.28. The van der Waals surface area contributed by atoms with Crippen LogP contribution in [0.2, 0.25) is 0 Å². The first kappa shape index (κ1) is 18.0. The van der Waals surface area contributed by atoms with Gasteiger partial charge in [0.15, 0.2) is 0 Å². The second kappa shape index (κ2) is 7.58. The summed E-state index contributed by atoms with van der Waals surface area (Å²) in [7, 11) is 3.71. The molecule has 0 aromatic carbocycles. The van der Waals surface area contributed by atoms with Crippen molar-refractivity contribution in [2.45, 2.75) is 18.2 Å². The number of hydrogen-bond acceptors (Lipinski definition) is 4. The fourth-order valence-electron chi connectivity index (χ4n) is 3.57. The first-order valence-corrected chi connectivity index (χ1v) is 9.66. The summed E-state index contributed by atoms with van der Waals surface area (Å²) in [5.41, 5.74) is 12.7. The van der Waals surface area contributed by atoms with Gasteiger partial charge in [0, 0.05) is 61.4 Å². The lowest BCUT2D eigenvalue weighted by molar-refractivity contribution is 0.700. The van der Waals surface area contributed by atoms with Crippen LogP contribution in [0.4, 0.5) is 5.69 Å². The van der Waals surface area contributed by atoms with E-state index in [9.17, 15) is 0 Å². The maximum absolute atomic E-state index is 6.22. The van der Waals surface area contributed by atoms with Gasteiger partial charge < -0.3 is 15.6 Å². The molecule has 1 atom stereocenters. The predicted octanol–water partition coefficient (Wildman–Crippen LogP) is 4.41. The highest BCUT2D eigenvalue weighted by Gasteiger charge is 2.33. The molecule has 3 N–H and O–H groups in total. The van der Waals surface area contributed by atoms with Crippen molar-refractivity contribution < 1.29 is 0 Å². The average Bonchev–Trinajstić information content (AvgIpc) is 3.20. The van der Waals surface area contributed by atoms with E-state index in [2.05, 4.69) is 27.5 Å². The van der Waals surface area contributed by atoms with Crippen LogP contribution in [0, 0.1) is 0 Å². The fraction of sp³-hybridized carbons (Fsp3) is 0.316. The third-order valence-electron chi connectivity index (χ3n) is 4.55. The summed E-state index contributed by atoms with van der Waals surface area (Å²) >= 11 is 8.18. The molecule has 2 heterocycles. The molecule has 1 aromatic heterocycles. The maximum Gasteiger partial charge on any atom is 0.0687 e. The predicted molar refractivity (Wildman–Crippen MR) is 112 cm³/mol. The molecule has 0 saturated carbocycles. The molecule has 1 aromatic rings. The van der Waals surface area contributed by atoms with Crippen molar-refractivity contribution in [3.05, 3.63) is 52.5 Å². The zero-order valence-corrected chi connectivity index (χ0v) is 16.1. The van der Waals surface area contributed by atoms with E-state index in [0.29, 0.717) is 0 Å². The van der Waals surface area contributed by atoms with E-state index >= 15 is 0 Å². The normalized spacial score (nSPS) is 20.4. The van der Waals surface area contributed by atoms with Crippen molar-refractivity contribution in [1.82, 2.24) is 4.57 Å². The molecule has 0 saturated heterocycles. The van der Waals surface area contributed by atoms with Crippen LogP contribution in [0.15, 0.2) is 40.5 Å². The van der Waals surface area contributed by atoms with Gasteiger partial charge >= 0.3 is 0 Å². The van der Waals surface area contributed by atoms with E-state index in [1.165, 1.54) is 11.3 Å². The molecule has 4 nitrogen and oxygen atoms in total. The van der Waals surface area contributed by atoms with E-state index in [4.69, 9.17) is 17.3 Å². The monoisotopic (exact) mass is 374 g/mol. The number of rotatable bonds is 5. The Bertz CT molecular complexity index is 814. The van der Waals surface area contributed by atoms with Gasteiger partial charge in [-0.05, 0) is 11.6 Å². The van der Waals surface area contributed by atoms with E-state index in [0.717, 1.165) is 46.3 Å². The Morgan fingerprint density at radius 3 is 2.88 bits per heavy atom. The van der Waals surface area contributed by atoms with Gasteiger partial charge in [-0.15, -0.1) is 11.8 Å². The molecule has 1 aliphatic carbocycles. The number of hydrogen-bond donors (Lipinski definition) is 2. The number of nitrogens with zero attached hydrogens (tertiary/aromatic N) is 2. The number of nitrogens with two attached hydrogens (primary N) is 1. The maximum atomic E-state index is 6.22. The molecule has 2 aliphatic rings. The highest BCUT2D eigenvalue weighted by Crippen LogP contribution is 2.50. The van der Waals surface area contributed by atoms with E-state index in [1.807, 2.05) is 31.0 Å². The number of nitrogens with one attached hydrogen (secondary N) is 1. The van der Waals surface area contributed by atoms with Crippen molar-refractivity contribution in [1.29, 1.82) is 0 Å². The zero-order valence-electron chi connectivity index (χ0n) is 14.6. The first-order valence-electron chi connectivity index (χ1n) is 8.23. The lowest BCUT2D eigenvalue weighted by atomic mass is 10.1. The van der Waals surface area contributed by atoms with E-state index in [1.54, 1.807) is 19.5 Å². The van der Waals surface area contributed by atoms with Crippen LogP contribution < -0.4 is 11.1 Å². The average molecular weight is 375 g/mol. The molecule has 132 valence electrons. The Hall–Kier alpha value is -1.85. The Labute approximate surface area is 158 Å². The third kappa shape index (κ3) is 3.07. The van der Waals surface area contributed by atoms with Crippen LogP contribution in [0.25, 0.3) is 11.6 Å². The van der Waals surface area contributed by atoms with Gasteiger partial charge in [-0.1, -0.05) is 30.3 Å². The number of aliphatic imine (C=N–C) groups is 1. The Kier molecular flexibility index (Phi) is 5.45. The minimum absolute atomic E-state index is 0.272. The molecule has 0 radical (unpaired) electrons. The Balaban J connectivity index is 2.21. The van der Waals surface area contributed by atoms with Crippen LogP contribution in [0.1, 0.15) is 28.6 Å². The molecule has 1 unspecified atom stereocenters. The number of allylic oxidation sites excluding steroid dienone is 4. The van der Waals surface area contributed by atoms with Gasteiger partial charge in [-0.25, -0.2) is 0 Å². The smallest absolute Gasteiger partial charge is 0.0687 e. The van der Waals surface area contributed by atoms with Crippen LogP contribution >= 0.6 is 23.4 Å². The summed E-state index contributed by atoms with van der Waals surface area (Å²) in [6, 6.07) is 0. The van der Waals surface area contributed by atoms with Crippen molar-refractivity contribution in [3.8, 4) is 0 Å². The van der Waals surface area contributed by atoms with E-state index in [-0.39, 0.29) is 5.25 Å². The summed E-state index contributed by atoms with van der Waals surface area (Å²) in [5, 5.41) is 4.56. The second-order valence-corrected chi connectivity index (χ2v) is 7.62. The van der Waals surface area contributed by atoms with Crippen LogP contribution in [-0.2, 0) is 6.54 Å². The summed E-state index contributed by atoms with van der Waals surface area (Å²) in [5.74, 6) is 1.04. The molecule has 0 bridgehead atoms. The molecule has 0 spiro atoms. The largest absolute Gasteiger partial charge is 0.404 e. The Morgan fingerprint density at radius 1 is 1.52 bits per heavy atom. The molecule has 0 amide bonds. The number of fused-ring (bicyclic) bond motifs is 1. The highest BCUT2D eigenvalue weighted by molar-refractivity contribution is 7.99. The van der Waals surface area contributed by atoms with Gasteiger partial charge in [-0.2, -0.15) is 0 Å². The van der Waals surface area contributed by atoms with Crippen LogP contribution in [0.5, 0.6) is 0 Å². The minimum atomic E-state index is 0.272. The van der Waals surface area contributed by atoms with Gasteiger partial charge in [0.2, 0.25) is 0 Å². The molecule has 3 rings (SSSR count). The van der Waals surface area contributed by atoms with Crippen molar-refractivity contribution in [3.63, 3.8) is 0 Å². The number of anilines is 1. The molecule has 25 heavy (non-hydrogen) atoms. The van der Waals surface area contributed by atoms with Gasteiger partial charge in [0.05, 0.1) is 22.3 Å². The molecular formula is C19H23ClN4S. The van der Waals surface area contributed by atoms with E-state index < -0.39 is 0 Å².